The summed E-state index contributed by atoms with van der Waals surface area (Å²) >= 11 is 0. The van der Waals surface area contributed by atoms with Crippen LogP contribution in [0.25, 0.3) is 0 Å². The van der Waals surface area contributed by atoms with Gasteiger partial charge in [0, 0.05) is 17.7 Å². The second kappa shape index (κ2) is 10.3. The average Bonchev–Trinajstić information content (AvgIpc) is 2.88. The second-order valence-electron chi connectivity index (χ2n) is 9.34. The van der Waals surface area contributed by atoms with Gasteiger partial charge in [-0.2, -0.15) is 0 Å². The van der Waals surface area contributed by atoms with Gasteiger partial charge in [-0.25, -0.2) is 0 Å². The molecule has 3 aromatic rings. The van der Waals surface area contributed by atoms with Crippen molar-refractivity contribution < 1.29 is 9.53 Å². The van der Waals surface area contributed by atoms with E-state index in [0.717, 1.165) is 61.5 Å². The molecule has 4 nitrogen and oxygen atoms in total. The van der Waals surface area contributed by atoms with E-state index in [4.69, 9.17) is 4.74 Å². The summed E-state index contributed by atoms with van der Waals surface area (Å²) < 4.78 is 5.91. The Kier molecular flexibility index (Phi) is 6.82. The third-order valence-corrected chi connectivity index (χ3v) is 7.24. The van der Waals surface area contributed by atoms with Crippen LogP contribution >= 0.6 is 0 Å². The summed E-state index contributed by atoms with van der Waals surface area (Å²) in [7, 11) is 0. The van der Waals surface area contributed by atoms with E-state index in [-0.39, 0.29) is 5.92 Å². The minimum Gasteiger partial charge on any atom is -0.487 e. The third kappa shape index (κ3) is 5.33. The Bertz CT molecular complexity index is 1060. The van der Waals surface area contributed by atoms with Crippen LogP contribution in [0, 0.1) is 5.92 Å². The maximum absolute atomic E-state index is 13.1. The van der Waals surface area contributed by atoms with Crippen LogP contribution in [-0.4, -0.2) is 35.3 Å². The molecule has 0 radical (unpaired) electrons. The lowest BCUT2D eigenvalue weighted by Crippen LogP contribution is -2.35. The number of likely N-dealkylation sites (tertiary alicyclic amines) is 1. The topological polar surface area (TPSA) is 42.4 Å². The van der Waals surface area contributed by atoms with E-state index in [1.807, 2.05) is 36.4 Å². The molecule has 0 bridgehead atoms. The SMILES string of the molecule is O=C1c2ccc(OCc3ccccn3)cc2CCC1CCN1CCC(c2ccccc2)CC1. The van der Waals surface area contributed by atoms with Gasteiger partial charge in [-0.3, -0.25) is 9.78 Å². The first kappa shape index (κ1) is 21.8. The van der Waals surface area contributed by atoms with Crippen LogP contribution in [0.5, 0.6) is 5.75 Å². The van der Waals surface area contributed by atoms with Gasteiger partial charge in [0.25, 0.3) is 0 Å². The zero-order valence-corrected chi connectivity index (χ0v) is 19.2. The van der Waals surface area contributed by atoms with Crippen molar-refractivity contribution in [1.29, 1.82) is 0 Å². The molecule has 1 aliphatic heterocycles. The summed E-state index contributed by atoms with van der Waals surface area (Å²) in [5, 5.41) is 0. The molecule has 1 saturated heterocycles. The molecule has 1 fully saturated rings. The molecule has 2 aliphatic rings. The van der Waals surface area contributed by atoms with Crippen molar-refractivity contribution in [3.63, 3.8) is 0 Å². The van der Waals surface area contributed by atoms with Gasteiger partial charge < -0.3 is 9.64 Å². The summed E-state index contributed by atoms with van der Waals surface area (Å²) in [6.45, 7) is 3.73. The lowest BCUT2D eigenvalue weighted by atomic mass is 9.80. The molecule has 1 unspecified atom stereocenters. The molecular weight excluding hydrogens is 408 g/mol. The Morgan fingerprint density at radius 2 is 1.76 bits per heavy atom. The number of rotatable bonds is 7. The van der Waals surface area contributed by atoms with Crippen LogP contribution < -0.4 is 4.74 Å². The third-order valence-electron chi connectivity index (χ3n) is 7.24. The number of piperidine rings is 1. The summed E-state index contributed by atoms with van der Waals surface area (Å²) in [6.07, 6.45) is 7.06. The number of aryl methyl sites for hydroxylation is 1. The first-order chi connectivity index (χ1) is 16.3. The fourth-order valence-corrected chi connectivity index (χ4v) is 5.26. The molecule has 2 heterocycles. The number of nitrogens with zero attached hydrogens (tertiary/aromatic N) is 2. The molecule has 33 heavy (non-hydrogen) atoms. The Hall–Kier alpha value is -2.98. The Morgan fingerprint density at radius 3 is 2.55 bits per heavy atom. The van der Waals surface area contributed by atoms with Crippen molar-refractivity contribution in [2.24, 2.45) is 5.92 Å². The highest BCUT2D eigenvalue weighted by Crippen LogP contribution is 2.32. The molecule has 1 aliphatic carbocycles. The fourth-order valence-electron chi connectivity index (χ4n) is 5.26. The average molecular weight is 441 g/mol. The van der Waals surface area contributed by atoms with Gasteiger partial charge in [0.05, 0.1) is 5.69 Å². The van der Waals surface area contributed by atoms with E-state index in [0.29, 0.717) is 18.3 Å². The number of aromatic nitrogens is 1. The van der Waals surface area contributed by atoms with Crippen molar-refractivity contribution in [2.45, 2.75) is 44.6 Å². The van der Waals surface area contributed by atoms with Gasteiger partial charge in [0.1, 0.15) is 12.4 Å². The van der Waals surface area contributed by atoms with Gasteiger partial charge in [0.2, 0.25) is 0 Å². The van der Waals surface area contributed by atoms with Gasteiger partial charge in [-0.15, -0.1) is 0 Å². The number of ketones is 1. The number of carbonyl (C=O) groups excluding carboxylic acids is 1. The minimum atomic E-state index is 0.143. The van der Waals surface area contributed by atoms with E-state index < -0.39 is 0 Å². The number of carbonyl (C=O) groups is 1. The van der Waals surface area contributed by atoms with E-state index in [2.05, 4.69) is 40.2 Å². The van der Waals surface area contributed by atoms with Crippen LogP contribution in [0.15, 0.2) is 72.9 Å². The molecule has 0 saturated carbocycles. The highest BCUT2D eigenvalue weighted by Gasteiger charge is 2.29. The number of pyridine rings is 1. The molecule has 1 aromatic heterocycles. The lowest BCUT2D eigenvalue weighted by Gasteiger charge is -2.33. The Labute approximate surface area is 196 Å². The zero-order valence-electron chi connectivity index (χ0n) is 19.2. The van der Waals surface area contributed by atoms with Crippen molar-refractivity contribution in [2.75, 3.05) is 19.6 Å². The van der Waals surface area contributed by atoms with Crippen LogP contribution in [0.1, 0.15) is 58.8 Å². The number of Topliss-reactive ketones (excluding diaryl/α,β-unsaturated/α-hetero) is 1. The molecule has 1 atom stereocenters. The first-order valence-electron chi connectivity index (χ1n) is 12.2. The fraction of sp³-hybridized carbons (Fsp3) is 0.379. The number of hydrogen-bond acceptors (Lipinski definition) is 4. The van der Waals surface area contributed by atoms with E-state index in [1.54, 1.807) is 6.20 Å². The number of benzene rings is 2. The van der Waals surface area contributed by atoms with Crippen molar-refractivity contribution in [1.82, 2.24) is 9.88 Å². The molecule has 0 spiro atoms. The minimum absolute atomic E-state index is 0.143. The summed E-state index contributed by atoms with van der Waals surface area (Å²) in [5.74, 6) is 1.95. The first-order valence-corrected chi connectivity index (χ1v) is 12.2. The second-order valence-corrected chi connectivity index (χ2v) is 9.34. The molecule has 0 amide bonds. The monoisotopic (exact) mass is 440 g/mol. The van der Waals surface area contributed by atoms with Crippen LogP contribution in [0.2, 0.25) is 0 Å². The van der Waals surface area contributed by atoms with Gasteiger partial charge >= 0.3 is 0 Å². The van der Waals surface area contributed by atoms with Gasteiger partial charge in [-0.05, 0) is 99.1 Å². The van der Waals surface area contributed by atoms with Crippen LogP contribution in [0.3, 0.4) is 0 Å². The summed E-state index contributed by atoms with van der Waals surface area (Å²) in [4.78, 5) is 20.0. The predicted molar refractivity (Wildman–Crippen MR) is 131 cm³/mol. The normalized spacial score (nSPS) is 19.3. The van der Waals surface area contributed by atoms with Crippen molar-refractivity contribution in [3.8, 4) is 5.75 Å². The molecule has 4 heteroatoms. The smallest absolute Gasteiger partial charge is 0.166 e. The van der Waals surface area contributed by atoms with Crippen molar-refractivity contribution >= 4 is 5.78 Å². The predicted octanol–water partition coefficient (Wildman–Crippen LogP) is 5.68. The quantitative estimate of drug-likeness (QED) is 0.474. The molecule has 0 N–H and O–H groups in total. The zero-order chi connectivity index (χ0) is 22.5. The van der Waals surface area contributed by atoms with E-state index >= 15 is 0 Å². The molecule has 2 aromatic carbocycles. The summed E-state index contributed by atoms with van der Waals surface area (Å²) in [6, 6.07) is 22.6. The van der Waals surface area contributed by atoms with Crippen molar-refractivity contribution in [3.05, 3.63) is 95.3 Å². The Balaban J connectivity index is 1.12. The maximum atomic E-state index is 13.1. The maximum Gasteiger partial charge on any atom is 0.166 e. The number of fused-ring (bicyclic) bond motifs is 1. The summed E-state index contributed by atoms with van der Waals surface area (Å²) in [5.41, 5.74) is 4.39. The van der Waals surface area contributed by atoms with Crippen LogP contribution in [0.4, 0.5) is 0 Å². The number of hydrogen-bond donors (Lipinski definition) is 0. The largest absolute Gasteiger partial charge is 0.487 e. The molecule has 170 valence electrons. The van der Waals surface area contributed by atoms with E-state index in [9.17, 15) is 4.79 Å². The Morgan fingerprint density at radius 1 is 0.939 bits per heavy atom. The van der Waals surface area contributed by atoms with Gasteiger partial charge in [-0.1, -0.05) is 36.4 Å². The standard InChI is InChI=1S/C29H32N2O2/c32-29-24(15-19-31-17-13-23(14-18-31)22-6-2-1-3-7-22)9-10-25-20-27(11-12-28(25)29)33-21-26-8-4-5-16-30-26/h1-8,11-12,16,20,23-24H,9-10,13-15,17-19,21H2. The number of ether oxygens (including phenoxy) is 1. The molecular formula is C29H32N2O2. The molecule has 5 rings (SSSR count). The van der Waals surface area contributed by atoms with Gasteiger partial charge in [0.15, 0.2) is 5.78 Å². The highest BCUT2D eigenvalue weighted by atomic mass is 16.5. The van der Waals surface area contributed by atoms with E-state index in [1.165, 1.54) is 18.4 Å². The lowest BCUT2D eigenvalue weighted by molar-refractivity contribution is 0.0877. The highest BCUT2D eigenvalue weighted by molar-refractivity contribution is 6.00. The van der Waals surface area contributed by atoms with Crippen LogP contribution in [-0.2, 0) is 13.0 Å².